The fourth-order valence-corrected chi connectivity index (χ4v) is 3.46. The first kappa shape index (κ1) is 15.4. The number of carbonyl (C=O) groups is 1. The monoisotopic (exact) mass is 297 g/mol. The highest BCUT2D eigenvalue weighted by molar-refractivity contribution is 7.13. The first-order valence-corrected chi connectivity index (χ1v) is 7.93. The number of ether oxygens (including phenoxy) is 1. The molecule has 0 saturated carbocycles. The Morgan fingerprint density at radius 1 is 1.65 bits per heavy atom. The van der Waals surface area contributed by atoms with Crippen LogP contribution in [-0.2, 0) is 4.74 Å². The number of aromatic nitrogens is 1. The van der Waals surface area contributed by atoms with E-state index in [0.29, 0.717) is 6.61 Å². The molecule has 112 valence electrons. The summed E-state index contributed by atoms with van der Waals surface area (Å²) in [5.74, 6) is 0.0728. The summed E-state index contributed by atoms with van der Waals surface area (Å²) in [6.07, 6.45) is 0.964. The van der Waals surface area contributed by atoms with Crippen LogP contribution in [0.2, 0.25) is 0 Å². The number of nitrogens with zero attached hydrogens (tertiary/aromatic N) is 2. The van der Waals surface area contributed by atoms with Gasteiger partial charge in [0.1, 0.15) is 16.0 Å². The number of thiazole rings is 1. The minimum absolute atomic E-state index is 0.0521. The van der Waals surface area contributed by atoms with E-state index >= 15 is 0 Å². The van der Waals surface area contributed by atoms with Crippen LogP contribution in [0.5, 0.6) is 0 Å². The van der Waals surface area contributed by atoms with Gasteiger partial charge in [0.15, 0.2) is 0 Å². The Labute approximate surface area is 124 Å². The second kappa shape index (κ2) is 6.65. The molecule has 0 bridgehead atoms. The summed E-state index contributed by atoms with van der Waals surface area (Å²) in [5, 5.41) is 4.17. The molecule has 1 amide bonds. The van der Waals surface area contributed by atoms with Crippen LogP contribution in [0.25, 0.3) is 0 Å². The predicted molar refractivity (Wildman–Crippen MR) is 80.3 cm³/mol. The zero-order valence-corrected chi connectivity index (χ0v) is 13.4. The van der Waals surface area contributed by atoms with Crippen LogP contribution < -0.4 is 5.32 Å². The van der Waals surface area contributed by atoms with Crippen molar-refractivity contribution >= 4 is 17.2 Å². The Kier molecular flexibility index (Phi) is 5.12. The zero-order chi connectivity index (χ0) is 14.7. The van der Waals surface area contributed by atoms with E-state index in [1.54, 1.807) is 0 Å². The van der Waals surface area contributed by atoms with Crippen LogP contribution in [0.1, 0.15) is 46.7 Å². The number of nitrogens with one attached hydrogen (secondary N) is 1. The molecule has 20 heavy (non-hydrogen) atoms. The highest BCUT2D eigenvalue weighted by Crippen LogP contribution is 2.27. The number of carbonyl (C=O) groups excluding carboxylic acids is 1. The van der Waals surface area contributed by atoms with Crippen molar-refractivity contribution in [1.82, 2.24) is 15.2 Å². The minimum atomic E-state index is -0.0521. The summed E-state index contributed by atoms with van der Waals surface area (Å²) in [4.78, 5) is 19.6. The molecule has 0 spiro atoms. The number of aryl methyl sites for hydroxylation is 1. The highest BCUT2D eigenvalue weighted by atomic mass is 32.1. The lowest BCUT2D eigenvalue weighted by Crippen LogP contribution is -2.38. The molecule has 1 saturated heterocycles. The summed E-state index contributed by atoms with van der Waals surface area (Å²) in [6, 6.07) is 0.289. The van der Waals surface area contributed by atoms with Gasteiger partial charge in [-0.2, -0.15) is 0 Å². The van der Waals surface area contributed by atoms with Crippen LogP contribution >= 0.6 is 11.3 Å². The number of hydrogen-bond acceptors (Lipinski definition) is 5. The molecule has 5 nitrogen and oxygen atoms in total. The van der Waals surface area contributed by atoms with Gasteiger partial charge >= 0.3 is 0 Å². The highest BCUT2D eigenvalue weighted by Gasteiger charge is 2.27. The van der Waals surface area contributed by atoms with E-state index in [4.69, 9.17) is 4.74 Å². The molecular formula is C14H23N3O2S. The first-order chi connectivity index (χ1) is 9.54. The Morgan fingerprint density at radius 2 is 2.40 bits per heavy atom. The lowest BCUT2D eigenvalue weighted by Gasteiger charge is -2.23. The van der Waals surface area contributed by atoms with E-state index in [2.05, 4.69) is 10.3 Å². The second-order valence-electron chi connectivity index (χ2n) is 5.13. The van der Waals surface area contributed by atoms with Gasteiger partial charge < -0.3 is 15.0 Å². The Balaban J connectivity index is 2.13. The molecule has 6 heteroatoms. The molecule has 0 radical (unpaired) electrons. The summed E-state index contributed by atoms with van der Waals surface area (Å²) in [7, 11) is 1.88. The van der Waals surface area contributed by atoms with Crippen LogP contribution in [0.15, 0.2) is 0 Å². The summed E-state index contributed by atoms with van der Waals surface area (Å²) in [6.45, 7) is 8.34. The molecule has 1 aliphatic heterocycles. The Hall–Kier alpha value is -0.980. The maximum atomic E-state index is 12.6. The van der Waals surface area contributed by atoms with Gasteiger partial charge in [0.25, 0.3) is 5.91 Å². The van der Waals surface area contributed by atoms with E-state index < -0.39 is 0 Å². The fraction of sp³-hybridized carbons (Fsp3) is 0.714. The normalized spacial score (nSPS) is 20.1. The van der Waals surface area contributed by atoms with Crippen LogP contribution in [0.4, 0.5) is 0 Å². The number of amides is 1. The van der Waals surface area contributed by atoms with Gasteiger partial charge in [-0.1, -0.05) is 0 Å². The largest absolute Gasteiger partial charge is 0.372 e. The van der Waals surface area contributed by atoms with Crippen molar-refractivity contribution in [3.8, 4) is 0 Å². The summed E-state index contributed by atoms with van der Waals surface area (Å²) < 4.78 is 5.55. The lowest BCUT2D eigenvalue weighted by molar-refractivity contribution is 0.0747. The van der Waals surface area contributed by atoms with E-state index in [0.717, 1.165) is 35.1 Å². The van der Waals surface area contributed by atoms with Gasteiger partial charge in [-0.05, 0) is 33.7 Å². The fourth-order valence-electron chi connectivity index (χ4n) is 2.41. The van der Waals surface area contributed by atoms with Crippen LogP contribution in [0.3, 0.4) is 0 Å². The van der Waals surface area contributed by atoms with Crippen LogP contribution in [0, 0.1) is 6.92 Å². The van der Waals surface area contributed by atoms with E-state index in [1.165, 1.54) is 11.3 Å². The third kappa shape index (κ3) is 3.19. The topological polar surface area (TPSA) is 54.5 Å². The maximum absolute atomic E-state index is 12.6. The molecule has 0 aromatic carbocycles. The van der Waals surface area contributed by atoms with E-state index in [-0.39, 0.29) is 18.1 Å². The van der Waals surface area contributed by atoms with Crippen molar-refractivity contribution in [3.05, 3.63) is 15.6 Å². The van der Waals surface area contributed by atoms with Crippen molar-refractivity contribution in [1.29, 1.82) is 0 Å². The quantitative estimate of drug-likeness (QED) is 0.903. The number of rotatable bonds is 5. The van der Waals surface area contributed by atoms with Gasteiger partial charge in [-0.15, -0.1) is 11.3 Å². The summed E-state index contributed by atoms with van der Waals surface area (Å²) in [5.41, 5.74) is 0.805. The molecule has 0 unspecified atom stereocenters. The lowest BCUT2D eigenvalue weighted by atomic mass is 10.2. The maximum Gasteiger partial charge on any atom is 0.265 e. The van der Waals surface area contributed by atoms with Crippen molar-refractivity contribution < 1.29 is 9.53 Å². The third-order valence-corrected chi connectivity index (χ3v) is 4.98. The second-order valence-corrected chi connectivity index (χ2v) is 6.16. The van der Waals surface area contributed by atoms with E-state index in [1.807, 2.05) is 32.7 Å². The Bertz CT molecular complexity index is 469. The van der Waals surface area contributed by atoms with Gasteiger partial charge in [-0.25, -0.2) is 4.98 Å². The minimum Gasteiger partial charge on any atom is -0.372 e. The molecular weight excluding hydrogens is 274 g/mol. The molecule has 1 aromatic rings. The van der Waals surface area contributed by atoms with E-state index in [9.17, 15) is 4.79 Å². The molecule has 1 fully saturated rings. The molecule has 2 rings (SSSR count). The molecule has 1 aliphatic rings. The molecule has 2 heterocycles. The van der Waals surface area contributed by atoms with Gasteiger partial charge in [0.2, 0.25) is 0 Å². The number of likely N-dealkylation sites (N-methyl/N-ethyl adjacent to an activating group) is 1. The van der Waals surface area contributed by atoms with Crippen molar-refractivity contribution in [2.75, 3.05) is 26.7 Å². The summed E-state index contributed by atoms with van der Waals surface area (Å²) >= 11 is 1.46. The van der Waals surface area contributed by atoms with Crippen molar-refractivity contribution in [2.24, 2.45) is 0 Å². The molecule has 2 atom stereocenters. The Morgan fingerprint density at radius 3 is 3.00 bits per heavy atom. The van der Waals surface area contributed by atoms with Gasteiger partial charge in [-0.3, -0.25) is 4.79 Å². The number of hydrogen-bond donors (Lipinski definition) is 1. The third-order valence-electron chi connectivity index (χ3n) is 3.67. The molecule has 1 aromatic heterocycles. The smallest absolute Gasteiger partial charge is 0.265 e. The average molecular weight is 297 g/mol. The van der Waals surface area contributed by atoms with Crippen LogP contribution in [-0.4, -0.2) is 48.6 Å². The van der Waals surface area contributed by atoms with Gasteiger partial charge in [0, 0.05) is 26.2 Å². The predicted octanol–water partition coefficient (Wildman–Crippen LogP) is 1.98. The molecule has 0 aliphatic carbocycles. The first-order valence-electron chi connectivity index (χ1n) is 7.11. The zero-order valence-electron chi connectivity index (χ0n) is 12.6. The molecule has 1 N–H and O–H groups in total. The standard InChI is InChI=1S/C14H23N3O2S/c1-5-19-10(3)13-16-9(2)12(20-13)14(18)17(4)11-6-7-15-8-11/h10-11,15H,5-8H2,1-4H3/t10-,11+/m1/s1. The SMILES string of the molecule is CCO[C@H](C)c1nc(C)c(C(=O)N(C)[C@H]2CCNC2)s1. The van der Waals surface area contributed by atoms with Gasteiger partial charge in [0.05, 0.1) is 5.69 Å². The van der Waals surface area contributed by atoms with Crippen molar-refractivity contribution in [3.63, 3.8) is 0 Å². The average Bonchev–Trinajstić information content (AvgIpc) is 3.06. The van der Waals surface area contributed by atoms with Crippen molar-refractivity contribution in [2.45, 2.75) is 39.3 Å².